The number of unbranched alkanes of at least 4 members (excludes halogenated alkanes) is 2. The number of carbonyl (C=O) groups excluding carboxylic acids is 1. The maximum Gasteiger partial charge on any atom is 0.252 e. The van der Waals surface area contributed by atoms with Gasteiger partial charge in [0.05, 0.1) is 6.54 Å². The van der Waals surface area contributed by atoms with Gasteiger partial charge in [-0.3, -0.25) is 10.1 Å². The molecule has 2 aromatic heterocycles. The van der Waals surface area contributed by atoms with Crippen molar-refractivity contribution in [1.29, 1.82) is 0 Å². The van der Waals surface area contributed by atoms with Crippen LogP contribution in [0.15, 0.2) is 21.7 Å². The Morgan fingerprint density at radius 2 is 2.12 bits per heavy atom. The highest BCUT2D eigenvalue weighted by Crippen LogP contribution is 2.20. The van der Waals surface area contributed by atoms with Crippen LogP contribution in [-0.2, 0) is 21.2 Å². The van der Waals surface area contributed by atoms with Gasteiger partial charge in [-0.25, -0.2) is 8.42 Å². The van der Waals surface area contributed by atoms with Gasteiger partial charge >= 0.3 is 0 Å². The molecule has 2 aromatic rings. The summed E-state index contributed by atoms with van der Waals surface area (Å²) in [6.07, 6.45) is 4.15. The molecule has 0 bridgehead atoms. The third-order valence-corrected chi connectivity index (χ3v) is 7.31. The molecule has 0 spiro atoms. The number of hydrogen-bond donors (Lipinski definition) is 1. The lowest BCUT2D eigenvalue weighted by Crippen LogP contribution is -2.34. The number of anilines is 1. The SMILES string of the molecule is CCCCCc1nnc(NC(=O)CN(C)S(=O)(=O)c2cccs2)s1. The molecule has 0 aliphatic heterocycles. The van der Waals surface area contributed by atoms with Crippen LogP contribution in [0, 0.1) is 0 Å². The number of thiophene rings is 1. The van der Waals surface area contributed by atoms with E-state index in [1.54, 1.807) is 11.4 Å². The van der Waals surface area contributed by atoms with Crippen LogP contribution in [0.3, 0.4) is 0 Å². The van der Waals surface area contributed by atoms with Gasteiger partial charge in [-0.15, -0.1) is 21.5 Å². The van der Waals surface area contributed by atoms with Crippen LogP contribution in [-0.4, -0.2) is 42.4 Å². The van der Waals surface area contributed by atoms with E-state index >= 15 is 0 Å². The lowest BCUT2D eigenvalue weighted by Gasteiger charge is -2.14. The number of hydrogen-bond acceptors (Lipinski definition) is 7. The number of sulfonamides is 1. The van der Waals surface area contributed by atoms with E-state index in [0.29, 0.717) is 5.13 Å². The Labute approximate surface area is 149 Å². The monoisotopic (exact) mass is 388 g/mol. The van der Waals surface area contributed by atoms with Gasteiger partial charge in [-0.1, -0.05) is 37.2 Å². The largest absolute Gasteiger partial charge is 0.299 e. The van der Waals surface area contributed by atoms with Gasteiger partial charge < -0.3 is 0 Å². The average Bonchev–Trinajstić information content (AvgIpc) is 3.19. The Bertz CT molecular complexity index is 756. The highest BCUT2D eigenvalue weighted by molar-refractivity contribution is 7.91. The molecule has 0 aliphatic rings. The van der Waals surface area contributed by atoms with Crippen molar-refractivity contribution in [3.8, 4) is 0 Å². The topological polar surface area (TPSA) is 92.3 Å². The minimum Gasteiger partial charge on any atom is -0.299 e. The first kappa shape index (κ1) is 19.0. The predicted molar refractivity (Wildman–Crippen MR) is 95.9 cm³/mol. The van der Waals surface area contributed by atoms with Crippen LogP contribution in [0.2, 0.25) is 0 Å². The zero-order valence-electron chi connectivity index (χ0n) is 13.6. The molecule has 2 heterocycles. The number of nitrogens with one attached hydrogen (secondary N) is 1. The number of likely N-dealkylation sites (N-methyl/N-ethyl adjacent to an activating group) is 1. The number of carbonyl (C=O) groups is 1. The van der Waals surface area contributed by atoms with Crippen molar-refractivity contribution in [2.75, 3.05) is 18.9 Å². The molecule has 24 heavy (non-hydrogen) atoms. The molecule has 0 fully saturated rings. The highest BCUT2D eigenvalue weighted by atomic mass is 32.2. The molecule has 7 nitrogen and oxygen atoms in total. The first-order chi connectivity index (χ1) is 11.4. The number of aromatic nitrogens is 2. The molecule has 0 aliphatic carbocycles. The molecule has 1 amide bonds. The summed E-state index contributed by atoms with van der Waals surface area (Å²) in [5, 5.41) is 13.5. The van der Waals surface area contributed by atoms with Gasteiger partial charge in [0.1, 0.15) is 9.22 Å². The number of nitrogens with zero attached hydrogens (tertiary/aromatic N) is 3. The maximum absolute atomic E-state index is 12.3. The second-order valence-electron chi connectivity index (χ2n) is 5.20. The Morgan fingerprint density at radius 3 is 2.79 bits per heavy atom. The molecule has 0 unspecified atom stereocenters. The molecule has 2 rings (SSSR count). The van der Waals surface area contributed by atoms with Crippen LogP contribution >= 0.6 is 22.7 Å². The van der Waals surface area contributed by atoms with Crippen LogP contribution in [0.4, 0.5) is 5.13 Å². The lowest BCUT2D eigenvalue weighted by molar-refractivity contribution is -0.116. The minimum atomic E-state index is -3.63. The average molecular weight is 389 g/mol. The lowest BCUT2D eigenvalue weighted by atomic mass is 10.2. The van der Waals surface area contributed by atoms with Gasteiger partial charge in [0.2, 0.25) is 11.0 Å². The predicted octanol–water partition coefficient (Wildman–Crippen LogP) is 2.59. The Morgan fingerprint density at radius 1 is 1.33 bits per heavy atom. The molecule has 1 N–H and O–H groups in total. The molecule has 0 radical (unpaired) electrons. The minimum absolute atomic E-state index is 0.215. The fourth-order valence-electron chi connectivity index (χ4n) is 1.94. The third-order valence-electron chi connectivity index (χ3n) is 3.23. The molecule has 0 saturated carbocycles. The van der Waals surface area contributed by atoms with Gasteiger partial charge in [-0.2, -0.15) is 4.31 Å². The van der Waals surface area contributed by atoms with Crippen molar-refractivity contribution < 1.29 is 13.2 Å². The van der Waals surface area contributed by atoms with E-state index in [1.165, 1.54) is 24.5 Å². The van der Waals surface area contributed by atoms with E-state index in [1.807, 2.05) is 0 Å². The van der Waals surface area contributed by atoms with E-state index < -0.39 is 15.9 Å². The number of amides is 1. The zero-order chi connectivity index (χ0) is 17.6. The van der Waals surface area contributed by atoms with Gasteiger partial charge in [0.25, 0.3) is 10.0 Å². The molecule has 0 saturated heterocycles. The second kappa shape index (κ2) is 8.65. The quantitative estimate of drug-likeness (QED) is 0.667. The van der Waals surface area contributed by atoms with Crippen molar-refractivity contribution in [2.24, 2.45) is 0 Å². The van der Waals surface area contributed by atoms with Crippen LogP contribution in [0.5, 0.6) is 0 Å². The Kier molecular flexibility index (Phi) is 6.84. The molecule has 132 valence electrons. The summed E-state index contributed by atoms with van der Waals surface area (Å²) in [7, 11) is -2.25. The van der Waals surface area contributed by atoms with Crippen LogP contribution < -0.4 is 5.32 Å². The first-order valence-corrected chi connectivity index (χ1v) is 10.7. The summed E-state index contributed by atoms with van der Waals surface area (Å²) in [5.74, 6) is -0.436. The highest BCUT2D eigenvalue weighted by Gasteiger charge is 2.24. The summed E-state index contributed by atoms with van der Waals surface area (Å²) < 4.78 is 25.8. The van der Waals surface area contributed by atoms with Crippen LogP contribution in [0.1, 0.15) is 31.2 Å². The summed E-state index contributed by atoms with van der Waals surface area (Å²) in [5.41, 5.74) is 0. The van der Waals surface area contributed by atoms with E-state index in [9.17, 15) is 13.2 Å². The molecule has 0 aromatic carbocycles. The molecule has 10 heteroatoms. The van der Waals surface area contributed by atoms with Crippen molar-refractivity contribution in [3.63, 3.8) is 0 Å². The molecular formula is C14H20N4O3S3. The van der Waals surface area contributed by atoms with E-state index in [4.69, 9.17) is 0 Å². The smallest absolute Gasteiger partial charge is 0.252 e. The van der Waals surface area contributed by atoms with E-state index in [2.05, 4.69) is 22.4 Å². The molecule has 0 atom stereocenters. The molecular weight excluding hydrogens is 368 g/mol. The van der Waals surface area contributed by atoms with Gasteiger partial charge in [0.15, 0.2) is 0 Å². The normalized spacial score (nSPS) is 11.8. The van der Waals surface area contributed by atoms with Crippen LogP contribution in [0.25, 0.3) is 0 Å². The summed E-state index contributed by atoms with van der Waals surface area (Å²) in [6.45, 7) is 1.86. The number of aryl methyl sites for hydroxylation is 1. The zero-order valence-corrected chi connectivity index (χ0v) is 16.0. The van der Waals surface area contributed by atoms with Gasteiger partial charge in [-0.05, 0) is 17.9 Å². The van der Waals surface area contributed by atoms with Crippen molar-refractivity contribution >= 4 is 43.7 Å². The van der Waals surface area contributed by atoms with Crippen molar-refractivity contribution in [3.05, 3.63) is 22.5 Å². The summed E-state index contributed by atoms with van der Waals surface area (Å²) in [6, 6.07) is 3.18. The third kappa shape index (κ3) is 5.07. The standard InChI is InChI=1S/C14H20N4O3S3/c1-3-4-5-7-12-16-17-14(23-12)15-11(19)10-18(2)24(20,21)13-8-6-9-22-13/h6,8-9H,3-5,7,10H2,1-2H3,(H,15,17,19). The van der Waals surface area contributed by atoms with Crippen molar-refractivity contribution in [2.45, 2.75) is 36.8 Å². The van der Waals surface area contributed by atoms with E-state index in [-0.39, 0.29) is 10.8 Å². The summed E-state index contributed by atoms with van der Waals surface area (Å²) >= 11 is 2.44. The van der Waals surface area contributed by atoms with E-state index in [0.717, 1.165) is 46.3 Å². The Balaban J connectivity index is 1.89. The Hall–Kier alpha value is -1.36. The maximum atomic E-state index is 12.3. The second-order valence-corrected chi connectivity index (χ2v) is 9.48. The summed E-state index contributed by atoms with van der Waals surface area (Å²) in [4.78, 5) is 12.0. The first-order valence-electron chi connectivity index (χ1n) is 7.55. The fourth-order valence-corrected chi connectivity index (χ4v) is 5.07. The number of rotatable bonds is 9. The van der Waals surface area contributed by atoms with Gasteiger partial charge in [0, 0.05) is 13.5 Å². The fraction of sp³-hybridized carbons (Fsp3) is 0.500. The van der Waals surface area contributed by atoms with Crippen molar-refractivity contribution in [1.82, 2.24) is 14.5 Å².